The average Bonchev–Trinajstić information content (AvgIpc) is 2.95. The van der Waals surface area contributed by atoms with Crippen molar-refractivity contribution in [1.82, 2.24) is 0 Å². The van der Waals surface area contributed by atoms with Gasteiger partial charge in [0.2, 0.25) is 0 Å². The third kappa shape index (κ3) is 6.96. The fourth-order valence-electron chi connectivity index (χ4n) is 2.64. The van der Waals surface area contributed by atoms with Crippen molar-refractivity contribution >= 4 is 11.9 Å². The molecule has 0 aromatic rings. The molecular formula is C17H30O4. The van der Waals surface area contributed by atoms with E-state index in [1.54, 1.807) is 0 Å². The van der Waals surface area contributed by atoms with Crippen LogP contribution in [0.25, 0.3) is 0 Å². The van der Waals surface area contributed by atoms with E-state index < -0.39 is 17.9 Å². The minimum atomic E-state index is -0.733. The number of hydrogen-bond donors (Lipinski definition) is 0. The summed E-state index contributed by atoms with van der Waals surface area (Å²) in [5.74, 6) is -0.803. The Balaban J connectivity index is 2.54. The van der Waals surface area contributed by atoms with E-state index in [4.69, 9.17) is 9.47 Å². The predicted octanol–water partition coefficient (Wildman–Crippen LogP) is 3.73. The highest BCUT2D eigenvalue weighted by Gasteiger charge is 2.33. The standard InChI is InChI=1S/C17H30O4/c1-4-5-10-20-16(18)15(11-14-8-6-7-9-14)17(19)21-12-13(2)3/h13-15H,4-12H2,1-3H3. The van der Waals surface area contributed by atoms with Crippen LogP contribution in [-0.4, -0.2) is 25.2 Å². The van der Waals surface area contributed by atoms with Gasteiger partial charge < -0.3 is 9.47 Å². The van der Waals surface area contributed by atoms with Crippen LogP contribution in [0.1, 0.15) is 65.7 Å². The summed E-state index contributed by atoms with van der Waals surface area (Å²) in [4.78, 5) is 24.4. The molecule has 0 heterocycles. The Morgan fingerprint density at radius 2 is 1.71 bits per heavy atom. The van der Waals surface area contributed by atoms with E-state index in [2.05, 4.69) is 0 Å². The molecule has 0 radical (unpaired) electrons. The maximum Gasteiger partial charge on any atom is 0.320 e. The molecule has 4 nitrogen and oxygen atoms in total. The Hall–Kier alpha value is -1.06. The monoisotopic (exact) mass is 298 g/mol. The lowest BCUT2D eigenvalue weighted by Gasteiger charge is -2.19. The van der Waals surface area contributed by atoms with Gasteiger partial charge in [0.15, 0.2) is 5.92 Å². The summed E-state index contributed by atoms with van der Waals surface area (Å²) in [6, 6.07) is 0. The Morgan fingerprint density at radius 1 is 1.10 bits per heavy atom. The second-order valence-electron chi connectivity index (χ2n) is 6.48. The molecule has 0 amide bonds. The molecule has 1 aliphatic carbocycles. The summed E-state index contributed by atoms with van der Waals surface area (Å²) < 4.78 is 10.5. The van der Waals surface area contributed by atoms with Crippen molar-refractivity contribution in [2.24, 2.45) is 17.8 Å². The molecule has 1 atom stereocenters. The summed E-state index contributed by atoms with van der Waals surface area (Å²) in [7, 11) is 0. The smallest absolute Gasteiger partial charge is 0.320 e. The third-order valence-corrected chi connectivity index (χ3v) is 3.91. The second kappa shape index (κ2) is 9.80. The van der Waals surface area contributed by atoms with E-state index in [0.29, 0.717) is 25.6 Å². The van der Waals surface area contributed by atoms with Crippen molar-refractivity contribution in [1.29, 1.82) is 0 Å². The molecule has 4 heteroatoms. The summed E-state index contributed by atoms with van der Waals surface area (Å²) in [5, 5.41) is 0. The third-order valence-electron chi connectivity index (χ3n) is 3.91. The van der Waals surface area contributed by atoms with E-state index in [1.165, 1.54) is 12.8 Å². The van der Waals surface area contributed by atoms with Crippen LogP contribution in [0.2, 0.25) is 0 Å². The van der Waals surface area contributed by atoms with E-state index in [1.807, 2.05) is 20.8 Å². The highest BCUT2D eigenvalue weighted by Crippen LogP contribution is 2.31. The lowest BCUT2D eigenvalue weighted by Crippen LogP contribution is -2.30. The molecule has 1 rings (SSSR count). The molecule has 0 aliphatic heterocycles. The van der Waals surface area contributed by atoms with Crippen LogP contribution in [0.5, 0.6) is 0 Å². The number of rotatable bonds is 9. The number of carbonyl (C=O) groups is 2. The number of ether oxygens (including phenoxy) is 2. The van der Waals surface area contributed by atoms with E-state index >= 15 is 0 Å². The Morgan fingerprint density at radius 3 is 2.29 bits per heavy atom. The zero-order valence-corrected chi connectivity index (χ0v) is 13.7. The van der Waals surface area contributed by atoms with Crippen LogP contribution >= 0.6 is 0 Å². The first-order valence-electron chi connectivity index (χ1n) is 8.37. The van der Waals surface area contributed by atoms with Crippen LogP contribution in [0, 0.1) is 17.8 Å². The Bertz CT molecular complexity index is 319. The van der Waals surface area contributed by atoms with E-state index in [9.17, 15) is 9.59 Å². The molecular weight excluding hydrogens is 268 g/mol. The molecule has 1 saturated carbocycles. The van der Waals surface area contributed by atoms with Gasteiger partial charge in [0.05, 0.1) is 13.2 Å². The molecule has 21 heavy (non-hydrogen) atoms. The lowest BCUT2D eigenvalue weighted by atomic mass is 9.93. The zero-order valence-electron chi connectivity index (χ0n) is 13.7. The number of carbonyl (C=O) groups excluding carboxylic acids is 2. The molecule has 0 aromatic carbocycles. The molecule has 0 bridgehead atoms. The maximum atomic E-state index is 12.2. The molecule has 1 unspecified atom stereocenters. The van der Waals surface area contributed by atoms with Gasteiger partial charge in [-0.25, -0.2) is 0 Å². The fourth-order valence-corrected chi connectivity index (χ4v) is 2.64. The zero-order chi connectivity index (χ0) is 15.7. The van der Waals surface area contributed by atoms with Gasteiger partial charge in [0.1, 0.15) is 0 Å². The highest BCUT2D eigenvalue weighted by atomic mass is 16.6. The number of unbranched alkanes of at least 4 members (excludes halogenated alkanes) is 1. The predicted molar refractivity (Wildman–Crippen MR) is 81.7 cm³/mol. The first kappa shape index (κ1) is 18.0. The van der Waals surface area contributed by atoms with Crippen LogP contribution in [0.4, 0.5) is 0 Å². The molecule has 0 aromatic heterocycles. The number of esters is 2. The van der Waals surface area contributed by atoms with Crippen LogP contribution in [0.3, 0.4) is 0 Å². The van der Waals surface area contributed by atoms with Crippen molar-refractivity contribution < 1.29 is 19.1 Å². The van der Waals surface area contributed by atoms with Gasteiger partial charge in [0.25, 0.3) is 0 Å². The quantitative estimate of drug-likeness (QED) is 0.370. The van der Waals surface area contributed by atoms with Crippen molar-refractivity contribution in [3.8, 4) is 0 Å². The fraction of sp³-hybridized carbons (Fsp3) is 0.882. The highest BCUT2D eigenvalue weighted by molar-refractivity contribution is 5.94. The van der Waals surface area contributed by atoms with Gasteiger partial charge in [-0.1, -0.05) is 52.9 Å². The first-order valence-corrected chi connectivity index (χ1v) is 8.37. The minimum absolute atomic E-state index is 0.275. The average molecular weight is 298 g/mol. The largest absolute Gasteiger partial charge is 0.465 e. The Labute approximate surface area is 128 Å². The van der Waals surface area contributed by atoms with Crippen molar-refractivity contribution in [3.05, 3.63) is 0 Å². The van der Waals surface area contributed by atoms with Crippen LogP contribution < -0.4 is 0 Å². The molecule has 0 saturated heterocycles. The summed E-state index contributed by atoms with van der Waals surface area (Å²) in [6.45, 7) is 6.77. The van der Waals surface area contributed by atoms with Gasteiger partial charge in [-0.15, -0.1) is 0 Å². The summed E-state index contributed by atoms with van der Waals surface area (Å²) in [5.41, 5.74) is 0. The van der Waals surface area contributed by atoms with Crippen molar-refractivity contribution in [2.75, 3.05) is 13.2 Å². The van der Waals surface area contributed by atoms with Crippen LogP contribution in [0.15, 0.2) is 0 Å². The normalized spacial score (nSPS) is 17.0. The molecule has 0 N–H and O–H groups in total. The second-order valence-corrected chi connectivity index (χ2v) is 6.48. The minimum Gasteiger partial charge on any atom is -0.465 e. The first-order chi connectivity index (χ1) is 10.0. The summed E-state index contributed by atoms with van der Waals surface area (Å²) in [6.07, 6.45) is 7.00. The van der Waals surface area contributed by atoms with Gasteiger partial charge in [-0.3, -0.25) is 9.59 Å². The van der Waals surface area contributed by atoms with Crippen molar-refractivity contribution in [3.63, 3.8) is 0 Å². The SMILES string of the molecule is CCCCOC(=O)C(CC1CCCC1)C(=O)OCC(C)C. The molecule has 122 valence electrons. The molecule has 0 spiro atoms. The Kier molecular flexibility index (Phi) is 8.40. The lowest BCUT2D eigenvalue weighted by molar-refractivity contribution is -0.163. The maximum absolute atomic E-state index is 12.2. The summed E-state index contributed by atoms with van der Waals surface area (Å²) >= 11 is 0. The van der Waals surface area contributed by atoms with Crippen LogP contribution in [-0.2, 0) is 19.1 Å². The topological polar surface area (TPSA) is 52.6 Å². The van der Waals surface area contributed by atoms with E-state index in [-0.39, 0.29) is 5.92 Å². The number of hydrogen-bond acceptors (Lipinski definition) is 4. The van der Waals surface area contributed by atoms with Gasteiger partial charge in [-0.2, -0.15) is 0 Å². The van der Waals surface area contributed by atoms with Gasteiger partial charge >= 0.3 is 11.9 Å². The van der Waals surface area contributed by atoms with Gasteiger partial charge in [0, 0.05) is 0 Å². The van der Waals surface area contributed by atoms with Gasteiger partial charge in [-0.05, 0) is 24.7 Å². The van der Waals surface area contributed by atoms with E-state index in [0.717, 1.165) is 25.7 Å². The molecule has 1 aliphatic rings. The molecule has 1 fully saturated rings. The van der Waals surface area contributed by atoms with Crippen molar-refractivity contribution in [2.45, 2.75) is 65.7 Å².